The fourth-order valence-electron chi connectivity index (χ4n) is 0. The summed E-state index contributed by atoms with van der Waals surface area (Å²) in [6.45, 7) is 3.49. The molecule has 0 aliphatic heterocycles. The molecule has 0 unspecified atom stereocenters. The second-order valence-corrected chi connectivity index (χ2v) is 1.15. The van der Waals surface area contributed by atoms with Crippen molar-refractivity contribution < 1.29 is 0 Å². The molecule has 5 heavy (non-hydrogen) atoms. The van der Waals surface area contributed by atoms with Gasteiger partial charge in [-0.25, -0.2) is 0 Å². The Hall–Kier alpha value is 0.986. The van der Waals surface area contributed by atoms with E-state index in [1.807, 2.05) is 27.8 Å². The molecular weight excluding hydrogens is 140 g/mol. The molecule has 0 nitrogen and oxygen atoms in total. The molecule has 0 aromatic rings. The van der Waals surface area contributed by atoms with Crippen LogP contribution in [0.4, 0.5) is 0 Å². The summed E-state index contributed by atoms with van der Waals surface area (Å²) in [5.41, 5.74) is 0. The van der Waals surface area contributed by atoms with Gasteiger partial charge in [0, 0.05) is 0 Å². The summed E-state index contributed by atoms with van der Waals surface area (Å²) >= 11 is 1.90. The van der Waals surface area contributed by atoms with Crippen LogP contribution in [0, 0.1) is 0 Å². The minimum absolute atomic E-state index is 0. The monoisotopic (exact) mass is 145 g/mol. The van der Waals surface area contributed by atoms with E-state index in [1.54, 1.807) is 0 Å². The molecule has 0 aliphatic rings. The molecule has 0 aromatic heterocycles. The highest BCUT2D eigenvalue weighted by atomic mass is 79.9. The predicted octanol–water partition coefficient (Wildman–Crippen LogP) is 1.34. The van der Waals surface area contributed by atoms with E-state index in [0.717, 1.165) is 4.55 Å². The second-order valence-electron chi connectivity index (χ2n) is 0.577. The Balaban J connectivity index is 0. The number of halogens is 1. The van der Waals surface area contributed by atoms with Gasteiger partial charge < -0.3 is 0 Å². The maximum absolute atomic E-state index is 3.49. The zero-order chi connectivity index (χ0) is 3.41. The molecular formula is C3H6BrMg. The van der Waals surface area contributed by atoms with Gasteiger partial charge in [-0.05, 0) is 0 Å². The van der Waals surface area contributed by atoms with Crippen LogP contribution in [-0.2, 0) is 0 Å². The molecule has 0 N–H and O–H groups in total. The first-order valence-corrected chi connectivity index (χ1v) is 2.32. The highest BCUT2D eigenvalue weighted by Crippen LogP contribution is 1.61. The van der Waals surface area contributed by atoms with Gasteiger partial charge in [-0.1, -0.05) is 0 Å². The normalized spacial score (nSPS) is 4.60. The minimum Gasteiger partial charge on any atom is -0.160 e. The van der Waals surface area contributed by atoms with E-state index in [-0.39, 0.29) is 17.0 Å². The minimum atomic E-state index is 0. The van der Waals surface area contributed by atoms with Crippen LogP contribution in [0.25, 0.3) is 0 Å². The summed E-state index contributed by atoms with van der Waals surface area (Å²) in [5.74, 6) is 0. The third-order valence-electron chi connectivity index (χ3n) is 0.204. The quantitative estimate of drug-likeness (QED) is 0.387. The molecule has 0 atom stereocenters. The molecule has 0 saturated carbocycles. The van der Waals surface area contributed by atoms with E-state index in [4.69, 9.17) is 0 Å². The summed E-state index contributed by atoms with van der Waals surface area (Å²) in [5, 5.41) is 0. The number of hydrogen-bond donors (Lipinski definition) is 0. The third kappa shape index (κ3) is 11.3. The van der Waals surface area contributed by atoms with Gasteiger partial charge in [-0.15, -0.1) is 29.6 Å². The zero-order valence-corrected chi connectivity index (χ0v) is 6.23. The average Bonchev–Trinajstić information content (AvgIpc) is 1.37. The van der Waals surface area contributed by atoms with Crippen LogP contribution in [0.15, 0.2) is 12.7 Å². The number of allylic oxidation sites excluding steroid dienone is 1. The molecule has 0 rings (SSSR count). The summed E-state index contributed by atoms with van der Waals surface area (Å²) in [6.07, 6.45) is 1.89. The van der Waals surface area contributed by atoms with Crippen molar-refractivity contribution in [2.45, 2.75) is 4.55 Å². The Labute approximate surface area is 55.8 Å². The van der Waals surface area contributed by atoms with Gasteiger partial charge in [0.05, 0.1) is 0 Å². The summed E-state index contributed by atoms with van der Waals surface area (Å²) in [6, 6.07) is 0. The molecule has 0 spiro atoms. The molecule has 0 aromatic carbocycles. The Morgan fingerprint density at radius 1 is 1.80 bits per heavy atom. The smallest absolute Gasteiger partial charge is 0.160 e. The summed E-state index contributed by atoms with van der Waals surface area (Å²) < 4.78 is 1.11. The van der Waals surface area contributed by atoms with Crippen molar-refractivity contribution >= 4 is 38.7 Å². The van der Waals surface area contributed by atoms with Crippen molar-refractivity contribution in [3.8, 4) is 0 Å². The van der Waals surface area contributed by atoms with Gasteiger partial charge >= 0.3 is 0 Å². The molecule has 1 radical (unpaired) electrons. The lowest BCUT2D eigenvalue weighted by atomic mass is 10.8. The fourth-order valence-corrected chi connectivity index (χ4v) is 0. The van der Waals surface area contributed by atoms with Crippen molar-refractivity contribution in [2.24, 2.45) is 0 Å². The van der Waals surface area contributed by atoms with Crippen molar-refractivity contribution in [2.75, 3.05) is 0 Å². The van der Waals surface area contributed by atoms with Gasteiger partial charge in [0.25, 0.3) is 0 Å². The maximum Gasteiger partial charge on any atom is 0.228 e. The van der Waals surface area contributed by atoms with Crippen LogP contribution in [-0.4, -0.2) is 21.7 Å². The third-order valence-corrected chi connectivity index (χ3v) is 0.612. The molecule has 0 amide bonds. The molecule has 0 fully saturated rings. The lowest BCUT2D eigenvalue weighted by molar-refractivity contribution is 1.76. The van der Waals surface area contributed by atoms with E-state index >= 15 is 0 Å². The molecule has 0 bridgehead atoms. The maximum atomic E-state index is 3.49. The van der Waals surface area contributed by atoms with Gasteiger partial charge in [0.15, 0.2) is 0 Å². The standard InChI is InChI=1S/C3H5.BrH.Mg/c1-3-2;;/h3H,1-2H2;1H;. The first-order chi connectivity index (χ1) is 1.91. The zero-order valence-electron chi connectivity index (χ0n) is 3.11. The van der Waals surface area contributed by atoms with Gasteiger partial charge in [-0.2, -0.15) is 4.55 Å². The Bertz CT molecular complexity index is 20.9. The van der Waals surface area contributed by atoms with Crippen molar-refractivity contribution in [3.63, 3.8) is 0 Å². The van der Waals surface area contributed by atoms with Crippen LogP contribution >= 0.6 is 17.0 Å². The topological polar surface area (TPSA) is 0 Å². The van der Waals surface area contributed by atoms with E-state index < -0.39 is 0 Å². The van der Waals surface area contributed by atoms with E-state index in [0.29, 0.717) is 0 Å². The SMILES string of the molecule is Br.C=C[CH2][Mg]. The van der Waals surface area contributed by atoms with Crippen molar-refractivity contribution in [3.05, 3.63) is 12.7 Å². The van der Waals surface area contributed by atoms with Crippen molar-refractivity contribution in [1.29, 1.82) is 0 Å². The van der Waals surface area contributed by atoms with Gasteiger partial charge in [0.1, 0.15) is 0 Å². The first kappa shape index (κ1) is 9.37. The van der Waals surface area contributed by atoms with Crippen LogP contribution < -0.4 is 0 Å². The van der Waals surface area contributed by atoms with E-state index in [9.17, 15) is 0 Å². The molecule has 27 valence electrons. The highest BCUT2D eigenvalue weighted by molar-refractivity contribution is 8.93. The Morgan fingerprint density at radius 2 is 2.00 bits per heavy atom. The lowest BCUT2D eigenvalue weighted by Gasteiger charge is -1.59. The molecule has 2 heteroatoms. The van der Waals surface area contributed by atoms with E-state index in [1.165, 1.54) is 0 Å². The first-order valence-electron chi connectivity index (χ1n) is 1.32. The van der Waals surface area contributed by atoms with Crippen LogP contribution in [0.2, 0.25) is 4.55 Å². The lowest BCUT2D eigenvalue weighted by Crippen LogP contribution is -1.47. The highest BCUT2D eigenvalue weighted by Gasteiger charge is 1.45. The largest absolute Gasteiger partial charge is 0.228 e. The second kappa shape index (κ2) is 8.88. The van der Waals surface area contributed by atoms with Gasteiger partial charge in [-0.3, -0.25) is 0 Å². The van der Waals surface area contributed by atoms with Crippen LogP contribution in [0.1, 0.15) is 0 Å². The van der Waals surface area contributed by atoms with Crippen LogP contribution in [0.5, 0.6) is 0 Å². The predicted molar refractivity (Wildman–Crippen MR) is 31.1 cm³/mol. The molecule has 0 saturated heterocycles. The summed E-state index contributed by atoms with van der Waals surface area (Å²) in [4.78, 5) is 0. The Kier molecular flexibility index (Phi) is 16.6. The number of rotatable bonds is 1. The van der Waals surface area contributed by atoms with Gasteiger partial charge in [0.2, 0.25) is 21.7 Å². The van der Waals surface area contributed by atoms with E-state index in [2.05, 4.69) is 6.58 Å². The molecule has 0 heterocycles. The fraction of sp³-hybridized carbons (Fsp3) is 0.333. The molecule has 0 aliphatic carbocycles. The Morgan fingerprint density at radius 3 is 2.00 bits per heavy atom. The number of hydrogen-bond acceptors (Lipinski definition) is 0. The van der Waals surface area contributed by atoms with Crippen molar-refractivity contribution in [1.82, 2.24) is 0 Å². The average molecular weight is 146 g/mol. The summed E-state index contributed by atoms with van der Waals surface area (Å²) in [7, 11) is 0. The van der Waals surface area contributed by atoms with Crippen LogP contribution in [0.3, 0.4) is 0 Å².